The van der Waals surface area contributed by atoms with Crippen molar-refractivity contribution < 1.29 is 9.90 Å². The van der Waals surface area contributed by atoms with Crippen LogP contribution in [0, 0.1) is 12.8 Å². The van der Waals surface area contributed by atoms with Crippen molar-refractivity contribution in [2.24, 2.45) is 5.92 Å². The highest BCUT2D eigenvalue weighted by atomic mass is 16.3. The van der Waals surface area contributed by atoms with Gasteiger partial charge in [0, 0.05) is 31.3 Å². The van der Waals surface area contributed by atoms with Crippen molar-refractivity contribution in [1.82, 2.24) is 15.1 Å². The predicted molar refractivity (Wildman–Crippen MR) is 54.4 cm³/mol. The first-order valence-electron chi connectivity index (χ1n) is 5.12. The van der Waals surface area contributed by atoms with Gasteiger partial charge in [-0.15, -0.1) is 0 Å². The lowest BCUT2D eigenvalue weighted by molar-refractivity contribution is 0.0781. The van der Waals surface area contributed by atoms with E-state index in [9.17, 15) is 4.79 Å². The second-order valence-electron chi connectivity index (χ2n) is 4.00. The third kappa shape index (κ3) is 1.87. The molecule has 5 heteroatoms. The van der Waals surface area contributed by atoms with Crippen LogP contribution < -0.4 is 0 Å². The average Bonchev–Trinajstić information content (AvgIpc) is 2.84. The van der Waals surface area contributed by atoms with E-state index in [-0.39, 0.29) is 18.4 Å². The number of hydrogen-bond acceptors (Lipinski definition) is 3. The minimum atomic E-state index is 0.0113. The van der Waals surface area contributed by atoms with Gasteiger partial charge in [0.1, 0.15) is 0 Å². The number of H-pyrrole nitrogens is 1. The zero-order valence-electron chi connectivity index (χ0n) is 8.73. The van der Waals surface area contributed by atoms with Crippen LogP contribution in [0.15, 0.2) is 6.20 Å². The quantitative estimate of drug-likeness (QED) is 0.729. The molecule has 0 radical (unpaired) electrons. The fraction of sp³-hybridized carbons (Fsp3) is 0.600. The number of aromatic nitrogens is 2. The highest BCUT2D eigenvalue weighted by Gasteiger charge is 2.27. The summed E-state index contributed by atoms with van der Waals surface area (Å²) in [5.74, 6) is 0.248. The number of nitrogens with one attached hydrogen (secondary N) is 1. The lowest BCUT2D eigenvalue weighted by Gasteiger charge is -2.15. The molecular weight excluding hydrogens is 194 g/mol. The van der Waals surface area contributed by atoms with Crippen molar-refractivity contribution >= 4 is 5.91 Å². The maximum absolute atomic E-state index is 12.0. The molecule has 2 N–H and O–H groups in total. The van der Waals surface area contributed by atoms with Gasteiger partial charge in [-0.1, -0.05) is 0 Å². The minimum absolute atomic E-state index is 0.0113. The van der Waals surface area contributed by atoms with Gasteiger partial charge in [-0.25, -0.2) is 0 Å². The Balaban J connectivity index is 2.07. The fourth-order valence-corrected chi connectivity index (χ4v) is 1.90. The molecule has 2 rings (SSSR count). The summed E-state index contributed by atoms with van der Waals surface area (Å²) in [5.41, 5.74) is 1.43. The number of carbonyl (C=O) groups excluding carboxylic acids is 1. The number of hydrogen-bond donors (Lipinski definition) is 2. The molecule has 2 heterocycles. The van der Waals surface area contributed by atoms with Gasteiger partial charge in [-0.3, -0.25) is 9.89 Å². The van der Waals surface area contributed by atoms with E-state index in [0.717, 1.165) is 18.7 Å². The van der Waals surface area contributed by atoms with Crippen molar-refractivity contribution in [2.45, 2.75) is 13.3 Å². The van der Waals surface area contributed by atoms with Crippen LogP contribution in [0.1, 0.15) is 22.5 Å². The van der Waals surface area contributed by atoms with Crippen molar-refractivity contribution in [3.63, 3.8) is 0 Å². The smallest absolute Gasteiger partial charge is 0.257 e. The largest absolute Gasteiger partial charge is 0.396 e. The molecule has 15 heavy (non-hydrogen) atoms. The van der Waals surface area contributed by atoms with Gasteiger partial charge in [0.05, 0.1) is 11.8 Å². The van der Waals surface area contributed by atoms with Gasteiger partial charge in [0.25, 0.3) is 5.91 Å². The number of nitrogens with zero attached hydrogens (tertiary/aromatic N) is 2. The van der Waals surface area contributed by atoms with Crippen LogP contribution in [0.25, 0.3) is 0 Å². The fourth-order valence-electron chi connectivity index (χ4n) is 1.90. The molecule has 1 aliphatic heterocycles. The first-order chi connectivity index (χ1) is 7.22. The van der Waals surface area contributed by atoms with Crippen molar-refractivity contribution in [3.05, 3.63) is 17.5 Å². The molecule has 0 bridgehead atoms. The summed E-state index contributed by atoms with van der Waals surface area (Å²) in [6.45, 7) is 3.38. The van der Waals surface area contributed by atoms with Gasteiger partial charge in [0.2, 0.25) is 0 Å². The second kappa shape index (κ2) is 4.02. The second-order valence-corrected chi connectivity index (χ2v) is 4.00. The maximum Gasteiger partial charge on any atom is 0.257 e. The van der Waals surface area contributed by atoms with Gasteiger partial charge >= 0.3 is 0 Å². The molecule has 1 atom stereocenters. The minimum Gasteiger partial charge on any atom is -0.396 e. The summed E-state index contributed by atoms with van der Waals surface area (Å²) >= 11 is 0. The van der Waals surface area contributed by atoms with E-state index in [2.05, 4.69) is 10.2 Å². The third-order valence-electron chi connectivity index (χ3n) is 2.89. The Morgan fingerprint density at radius 2 is 2.60 bits per heavy atom. The zero-order valence-corrected chi connectivity index (χ0v) is 8.73. The molecule has 0 saturated carbocycles. The highest BCUT2D eigenvalue weighted by molar-refractivity contribution is 5.95. The number of aryl methyl sites for hydroxylation is 1. The Morgan fingerprint density at radius 1 is 1.80 bits per heavy atom. The Labute approximate surface area is 88.1 Å². The Bertz CT molecular complexity index is 361. The summed E-state index contributed by atoms with van der Waals surface area (Å²) < 4.78 is 0. The predicted octanol–water partition coefficient (Wildman–Crippen LogP) is 0.173. The van der Waals surface area contributed by atoms with E-state index >= 15 is 0 Å². The van der Waals surface area contributed by atoms with Gasteiger partial charge in [-0.05, 0) is 13.3 Å². The van der Waals surface area contributed by atoms with E-state index in [1.807, 2.05) is 6.92 Å². The molecular formula is C10H15N3O2. The first kappa shape index (κ1) is 10.2. The molecule has 1 unspecified atom stereocenters. The molecule has 1 fully saturated rings. The van der Waals surface area contributed by atoms with E-state index in [0.29, 0.717) is 12.1 Å². The van der Waals surface area contributed by atoms with Gasteiger partial charge in [0.15, 0.2) is 0 Å². The number of aromatic amines is 1. The van der Waals surface area contributed by atoms with Crippen molar-refractivity contribution in [3.8, 4) is 0 Å². The number of aliphatic hydroxyl groups is 1. The topological polar surface area (TPSA) is 69.2 Å². The standard InChI is InChI=1S/C10H15N3O2/c1-7-9(4-11-12-7)10(15)13-3-2-8(5-13)6-14/h4,8,14H,2-3,5-6H2,1H3,(H,11,12). The Kier molecular flexibility index (Phi) is 2.73. The average molecular weight is 209 g/mol. The first-order valence-corrected chi connectivity index (χ1v) is 5.12. The van der Waals surface area contributed by atoms with Crippen LogP contribution in [-0.4, -0.2) is 45.8 Å². The molecule has 1 amide bonds. The lowest BCUT2D eigenvalue weighted by Crippen LogP contribution is -2.29. The maximum atomic E-state index is 12.0. The number of amides is 1. The number of carbonyl (C=O) groups is 1. The molecule has 0 spiro atoms. The summed E-state index contributed by atoms with van der Waals surface area (Å²) in [7, 11) is 0. The molecule has 1 aromatic heterocycles. The summed E-state index contributed by atoms with van der Waals surface area (Å²) in [4.78, 5) is 13.8. The molecule has 1 saturated heterocycles. The van der Waals surface area contributed by atoms with E-state index in [4.69, 9.17) is 5.11 Å². The molecule has 1 aromatic rings. The lowest BCUT2D eigenvalue weighted by atomic mass is 10.1. The highest BCUT2D eigenvalue weighted by Crippen LogP contribution is 2.18. The van der Waals surface area contributed by atoms with Crippen molar-refractivity contribution in [1.29, 1.82) is 0 Å². The van der Waals surface area contributed by atoms with Crippen LogP contribution in [-0.2, 0) is 0 Å². The van der Waals surface area contributed by atoms with Gasteiger partial charge < -0.3 is 10.0 Å². The van der Waals surface area contributed by atoms with E-state index in [1.165, 1.54) is 0 Å². The Morgan fingerprint density at radius 3 is 3.13 bits per heavy atom. The Hall–Kier alpha value is -1.36. The van der Waals surface area contributed by atoms with Crippen LogP contribution in [0.4, 0.5) is 0 Å². The number of likely N-dealkylation sites (tertiary alicyclic amines) is 1. The van der Waals surface area contributed by atoms with Crippen LogP contribution in [0.3, 0.4) is 0 Å². The summed E-state index contributed by atoms with van der Waals surface area (Å²) in [6, 6.07) is 0. The van der Waals surface area contributed by atoms with Crippen LogP contribution >= 0.6 is 0 Å². The molecule has 5 nitrogen and oxygen atoms in total. The molecule has 1 aliphatic rings. The van der Waals surface area contributed by atoms with Crippen LogP contribution in [0.5, 0.6) is 0 Å². The SMILES string of the molecule is Cc1[nH]ncc1C(=O)N1CCC(CO)C1. The third-order valence-corrected chi connectivity index (χ3v) is 2.89. The number of aliphatic hydroxyl groups excluding tert-OH is 1. The monoisotopic (exact) mass is 209 g/mol. The van der Waals surface area contributed by atoms with E-state index < -0.39 is 0 Å². The molecule has 0 aromatic carbocycles. The molecule has 0 aliphatic carbocycles. The summed E-state index contributed by atoms with van der Waals surface area (Å²) in [6.07, 6.45) is 2.45. The molecule has 82 valence electrons. The van der Waals surface area contributed by atoms with E-state index in [1.54, 1.807) is 11.1 Å². The zero-order chi connectivity index (χ0) is 10.8. The normalized spacial score (nSPS) is 20.9. The number of rotatable bonds is 2. The summed E-state index contributed by atoms with van der Waals surface area (Å²) in [5, 5.41) is 15.6. The van der Waals surface area contributed by atoms with Gasteiger partial charge in [-0.2, -0.15) is 5.10 Å². The van der Waals surface area contributed by atoms with Crippen LogP contribution in [0.2, 0.25) is 0 Å². The van der Waals surface area contributed by atoms with Crippen molar-refractivity contribution in [2.75, 3.05) is 19.7 Å².